The van der Waals surface area contributed by atoms with Gasteiger partial charge >= 0.3 is 6.03 Å². The monoisotopic (exact) mass is 346 g/mol. The third-order valence-electron chi connectivity index (χ3n) is 4.32. The molecule has 0 heterocycles. The summed E-state index contributed by atoms with van der Waals surface area (Å²) in [5.41, 5.74) is 1.39. The minimum absolute atomic E-state index is 0.0122. The topological polar surface area (TPSA) is 61.4 Å². The summed E-state index contributed by atoms with van der Waals surface area (Å²) >= 11 is 0. The first-order chi connectivity index (χ1) is 12.0. The first-order valence-electron chi connectivity index (χ1n) is 8.26. The van der Waals surface area contributed by atoms with Gasteiger partial charge in [0.25, 0.3) is 0 Å². The van der Waals surface area contributed by atoms with Gasteiger partial charge in [0.2, 0.25) is 0 Å². The van der Waals surface area contributed by atoms with Crippen molar-refractivity contribution in [2.75, 3.05) is 6.54 Å². The predicted molar refractivity (Wildman–Crippen MR) is 89.8 cm³/mol. The summed E-state index contributed by atoms with van der Waals surface area (Å²) in [6.07, 6.45) is 1.11. The zero-order chi connectivity index (χ0) is 17.8. The van der Waals surface area contributed by atoms with Gasteiger partial charge in [0.05, 0.1) is 12.1 Å². The second-order valence-electron chi connectivity index (χ2n) is 6.29. The van der Waals surface area contributed by atoms with Crippen LogP contribution in [-0.4, -0.2) is 17.7 Å². The zero-order valence-corrected chi connectivity index (χ0v) is 13.6. The smallest absolute Gasteiger partial charge is 0.315 e. The minimum Gasteiger partial charge on any atom is -0.387 e. The molecule has 2 aromatic carbocycles. The van der Waals surface area contributed by atoms with Crippen LogP contribution < -0.4 is 10.6 Å². The van der Waals surface area contributed by atoms with Crippen molar-refractivity contribution < 1.29 is 18.7 Å². The molecule has 132 valence electrons. The lowest BCUT2D eigenvalue weighted by Crippen LogP contribution is -2.40. The van der Waals surface area contributed by atoms with Crippen molar-refractivity contribution >= 4 is 6.03 Å². The Morgan fingerprint density at radius 3 is 2.04 bits per heavy atom. The number of benzene rings is 2. The van der Waals surface area contributed by atoms with Gasteiger partial charge in [0.15, 0.2) is 0 Å². The molecule has 2 amide bonds. The quantitative estimate of drug-likeness (QED) is 0.750. The van der Waals surface area contributed by atoms with E-state index in [0.29, 0.717) is 11.5 Å². The van der Waals surface area contributed by atoms with Crippen LogP contribution in [0.3, 0.4) is 0 Å². The highest BCUT2D eigenvalue weighted by molar-refractivity contribution is 5.74. The maximum atomic E-state index is 13.1. The van der Waals surface area contributed by atoms with Crippen LogP contribution in [0.2, 0.25) is 0 Å². The summed E-state index contributed by atoms with van der Waals surface area (Å²) in [7, 11) is 0. The Kier molecular flexibility index (Phi) is 5.28. The van der Waals surface area contributed by atoms with Gasteiger partial charge in [0, 0.05) is 6.54 Å². The van der Waals surface area contributed by atoms with E-state index in [1.165, 1.54) is 36.4 Å². The number of urea groups is 1. The molecule has 2 atom stereocenters. The lowest BCUT2D eigenvalue weighted by atomic mass is 10.0. The molecule has 1 saturated carbocycles. The molecule has 4 nitrogen and oxygen atoms in total. The number of carbonyl (C=O) groups is 1. The molecule has 1 aliphatic rings. The number of amides is 2. The van der Waals surface area contributed by atoms with E-state index in [0.717, 1.165) is 18.4 Å². The van der Waals surface area contributed by atoms with Crippen molar-refractivity contribution in [1.82, 2.24) is 10.6 Å². The van der Waals surface area contributed by atoms with Gasteiger partial charge in [-0.1, -0.05) is 24.3 Å². The number of hydrogen-bond acceptors (Lipinski definition) is 2. The fourth-order valence-electron chi connectivity index (χ4n) is 2.76. The van der Waals surface area contributed by atoms with Crippen LogP contribution in [0.15, 0.2) is 48.5 Å². The summed E-state index contributed by atoms with van der Waals surface area (Å²) in [5, 5.41) is 15.6. The summed E-state index contributed by atoms with van der Waals surface area (Å²) < 4.78 is 26.0. The van der Waals surface area contributed by atoms with E-state index < -0.39 is 12.1 Å². The van der Waals surface area contributed by atoms with Gasteiger partial charge in [-0.05, 0) is 54.2 Å². The molecule has 1 aliphatic carbocycles. The molecular weight excluding hydrogens is 326 g/mol. The molecule has 25 heavy (non-hydrogen) atoms. The molecule has 3 rings (SSSR count). The molecule has 2 aromatic rings. The Morgan fingerprint density at radius 2 is 1.52 bits per heavy atom. The fraction of sp³-hybridized carbons (Fsp3) is 0.316. The van der Waals surface area contributed by atoms with Crippen molar-refractivity contribution in [2.45, 2.75) is 25.0 Å². The van der Waals surface area contributed by atoms with Crippen molar-refractivity contribution in [3.05, 3.63) is 71.3 Å². The lowest BCUT2D eigenvalue weighted by Gasteiger charge is -2.20. The maximum absolute atomic E-state index is 13.1. The SMILES string of the molecule is O=C(NCC(O)c1ccc(F)cc1)NC(c1ccc(F)cc1)C1CC1. The number of carbonyl (C=O) groups excluding carboxylic acids is 1. The van der Waals surface area contributed by atoms with Crippen molar-refractivity contribution in [3.63, 3.8) is 0 Å². The molecule has 0 spiro atoms. The first kappa shape index (κ1) is 17.4. The maximum Gasteiger partial charge on any atom is 0.315 e. The minimum atomic E-state index is -0.920. The van der Waals surface area contributed by atoms with E-state index in [-0.39, 0.29) is 24.2 Å². The first-order valence-corrected chi connectivity index (χ1v) is 8.26. The number of halogens is 2. The fourth-order valence-corrected chi connectivity index (χ4v) is 2.76. The van der Waals surface area contributed by atoms with E-state index >= 15 is 0 Å². The van der Waals surface area contributed by atoms with Crippen LogP contribution in [0, 0.1) is 17.6 Å². The lowest BCUT2D eigenvalue weighted by molar-refractivity contribution is 0.172. The number of hydrogen-bond donors (Lipinski definition) is 3. The van der Waals surface area contributed by atoms with Crippen LogP contribution in [-0.2, 0) is 0 Å². The highest BCUT2D eigenvalue weighted by atomic mass is 19.1. The molecule has 3 N–H and O–H groups in total. The zero-order valence-electron chi connectivity index (χ0n) is 13.6. The van der Waals surface area contributed by atoms with Gasteiger partial charge in [0.1, 0.15) is 11.6 Å². The van der Waals surface area contributed by atoms with E-state index in [1.807, 2.05) is 0 Å². The third-order valence-corrected chi connectivity index (χ3v) is 4.32. The Labute approximate surface area is 144 Å². The molecule has 0 aromatic heterocycles. The Bertz CT molecular complexity index is 715. The standard InChI is InChI=1S/C19H20F2N2O2/c20-15-7-3-12(4-8-15)17(24)11-22-19(25)23-18(13-1-2-13)14-5-9-16(21)10-6-14/h3-10,13,17-18,24H,1-2,11H2,(H2,22,23,25). The number of nitrogens with one attached hydrogen (secondary N) is 2. The molecule has 0 radical (unpaired) electrons. The van der Waals surface area contributed by atoms with Crippen LogP contribution >= 0.6 is 0 Å². The van der Waals surface area contributed by atoms with Crippen molar-refractivity contribution in [3.8, 4) is 0 Å². The molecule has 6 heteroatoms. The summed E-state index contributed by atoms with van der Waals surface area (Å²) in [5.74, 6) is -0.350. The van der Waals surface area contributed by atoms with Gasteiger partial charge in [-0.2, -0.15) is 0 Å². The van der Waals surface area contributed by atoms with Gasteiger partial charge in [-0.25, -0.2) is 13.6 Å². The van der Waals surface area contributed by atoms with Gasteiger partial charge in [-0.15, -0.1) is 0 Å². The Morgan fingerprint density at radius 1 is 1.00 bits per heavy atom. The van der Waals surface area contributed by atoms with Gasteiger partial charge < -0.3 is 15.7 Å². The van der Waals surface area contributed by atoms with Gasteiger partial charge in [-0.3, -0.25) is 0 Å². The molecule has 0 bridgehead atoms. The molecule has 0 saturated heterocycles. The summed E-state index contributed by atoms with van der Waals surface area (Å²) in [4.78, 5) is 12.1. The van der Waals surface area contributed by atoms with E-state index in [4.69, 9.17) is 0 Å². The van der Waals surface area contributed by atoms with Crippen LogP contribution in [0.4, 0.5) is 13.6 Å². The second-order valence-corrected chi connectivity index (χ2v) is 6.29. The van der Waals surface area contributed by atoms with Crippen molar-refractivity contribution in [2.24, 2.45) is 5.92 Å². The number of rotatable bonds is 6. The normalized spacial score (nSPS) is 16.1. The largest absolute Gasteiger partial charge is 0.387 e. The van der Waals surface area contributed by atoms with Crippen LogP contribution in [0.5, 0.6) is 0 Å². The Hall–Kier alpha value is -2.47. The average Bonchev–Trinajstić information content (AvgIpc) is 3.44. The second kappa shape index (κ2) is 7.61. The Balaban J connectivity index is 1.55. The molecule has 1 fully saturated rings. The number of aliphatic hydroxyl groups excluding tert-OH is 1. The van der Waals surface area contributed by atoms with E-state index in [9.17, 15) is 18.7 Å². The number of aliphatic hydroxyl groups is 1. The molecule has 0 aliphatic heterocycles. The molecule has 2 unspecified atom stereocenters. The summed E-state index contributed by atoms with van der Waals surface area (Å²) in [6, 6.07) is 11.0. The predicted octanol–water partition coefficient (Wildman–Crippen LogP) is 3.45. The summed E-state index contributed by atoms with van der Waals surface area (Å²) in [6.45, 7) is 0.0122. The van der Waals surface area contributed by atoms with E-state index in [1.54, 1.807) is 12.1 Å². The highest BCUT2D eigenvalue weighted by Crippen LogP contribution is 2.40. The molecular formula is C19H20F2N2O2. The average molecular weight is 346 g/mol. The van der Waals surface area contributed by atoms with Crippen LogP contribution in [0.25, 0.3) is 0 Å². The van der Waals surface area contributed by atoms with Crippen molar-refractivity contribution in [1.29, 1.82) is 0 Å². The highest BCUT2D eigenvalue weighted by Gasteiger charge is 2.33. The van der Waals surface area contributed by atoms with Crippen LogP contribution in [0.1, 0.15) is 36.1 Å². The van der Waals surface area contributed by atoms with E-state index in [2.05, 4.69) is 10.6 Å². The third kappa shape index (κ3) is 4.76.